The average molecular weight is 301 g/mol. The highest BCUT2D eigenvalue weighted by molar-refractivity contribution is 6.18. The van der Waals surface area contributed by atoms with Crippen LogP contribution in [-0.4, -0.2) is 37.0 Å². The SMILES string of the molecule is ClCCN1CCN(c2ccccc2)C(c2ccccc2)C1. The van der Waals surface area contributed by atoms with Crippen LogP contribution in [0.25, 0.3) is 0 Å². The Morgan fingerprint density at radius 1 is 0.905 bits per heavy atom. The van der Waals surface area contributed by atoms with Crippen LogP contribution in [0.2, 0.25) is 0 Å². The van der Waals surface area contributed by atoms with Crippen molar-refractivity contribution in [1.29, 1.82) is 0 Å². The zero-order valence-corrected chi connectivity index (χ0v) is 12.9. The van der Waals surface area contributed by atoms with Crippen LogP contribution in [0.15, 0.2) is 60.7 Å². The molecule has 0 spiro atoms. The highest BCUT2D eigenvalue weighted by Gasteiger charge is 2.27. The molecule has 0 saturated carbocycles. The average Bonchev–Trinajstić information content (AvgIpc) is 2.57. The Hall–Kier alpha value is -1.51. The number of halogens is 1. The summed E-state index contributed by atoms with van der Waals surface area (Å²) in [5.41, 5.74) is 2.68. The van der Waals surface area contributed by atoms with Crippen LogP contribution in [-0.2, 0) is 0 Å². The second-order valence-electron chi connectivity index (χ2n) is 5.45. The monoisotopic (exact) mass is 300 g/mol. The van der Waals surface area contributed by atoms with E-state index < -0.39 is 0 Å². The minimum atomic E-state index is 0.394. The zero-order chi connectivity index (χ0) is 14.5. The van der Waals surface area contributed by atoms with E-state index in [-0.39, 0.29) is 0 Å². The van der Waals surface area contributed by atoms with E-state index in [9.17, 15) is 0 Å². The molecule has 2 aromatic rings. The van der Waals surface area contributed by atoms with E-state index in [2.05, 4.69) is 70.5 Å². The van der Waals surface area contributed by atoms with Gasteiger partial charge in [0.25, 0.3) is 0 Å². The van der Waals surface area contributed by atoms with Gasteiger partial charge in [-0.05, 0) is 17.7 Å². The summed E-state index contributed by atoms with van der Waals surface area (Å²) in [6, 6.07) is 21.9. The van der Waals surface area contributed by atoms with E-state index in [1.807, 2.05) is 0 Å². The number of nitrogens with zero attached hydrogens (tertiary/aromatic N) is 2. The fourth-order valence-electron chi connectivity index (χ4n) is 3.05. The molecule has 2 nitrogen and oxygen atoms in total. The molecule has 1 atom stereocenters. The van der Waals surface area contributed by atoms with Gasteiger partial charge in [-0.3, -0.25) is 4.90 Å². The first kappa shape index (κ1) is 14.4. The third kappa shape index (κ3) is 3.39. The maximum atomic E-state index is 5.93. The third-order valence-electron chi connectivity index (χ3n) is 4.14. The molecule has 0 N–H and O–H groups in total. The van der Waals surface area contributed by atoms with Crippen molar-refractivity contribution >= 4 is 17.3 Å². The maximum Gasteiger partial charge on any atom is 0.0670 e. The minimum Gasteiger partial charge on any atom is -0.362 e. The van der Waals surface area contributed by atoms with Gasteiger partial charge in [-0.2, -0.15) is 0 Å². The molecule has 1 heterocycles. The second-order valence-corrected chi connectivity index (χ2v) is 5.82. The Morgan fingerprint density at radius 2 is 1.57 bits per heavy atom. The molecule has 2 aromatic carbocycles. The number of hydrogen-bond donors (Lipinski definition) is 0. The van der Waals surface area contributed by atoms with Gasteiger partial charge in [0.1, 0.15) is 0 Å². The predicted octanol–water partition coefficient (Wildman–Crippen LogP) is 3.79. The summed E-state index contributed by atoms with van der Waals surface area (Å²) in [4.78, 5) is 4.98. The van der Waals surface area contributed by atoms with Gasteiger partial charge in [0, 0.05) is 37.7 Å². The van der Waals surface area contributed by atoms with Crippen molar-refractivity contribution < 1.29 is 0 Å². The molecule has 1 aliphatic rings. The van der Waals surface area contributed by atoms with E-state index in [4.69, 9.17) is 11.6 Å². The molecule has 0 amide bonds. The smallest absolute Gasteiger partial charge is 0.0670 e. The molecule has 1 fully saturated rings. The Labute approximate surface area is 131 Å². The van der Waals surface area contributed by atoms with Crippen LogP contribution in [0, 0.1) is 0 Å². The fourth-order valence-corrected chi connectivity index (χ4v) is 3.29. The molecular formula is C18H21ClN2. The second kappa shape index (κ2) is 6.97. The van der Waals surface area contributed by atoms with Gasteiger partial charge in [0.15, 0.2) is 0 Å². The van der Waals surface area contributed by atoms with Crippen molar-refractivity contribution in [1.82, 2.24) is 4.90 Å². The van der Waals surface area contributed by atoms with Gasteiger partial charge in [-0.15, -0.1) is 11.6 Å². The third-order valence-corrected chi connectivity index (χ3v) is 4.31. The molecule has 0 bridgehead atoms. The van der Waals surface area contributed by atoms with Crippen molar-refractivity contribution in [2.45, 2.75) is 6.04 Å². The molecule has 0 radical (unpaired) electrons. The lowest BCUT2D eigenvalue weighted by molar-refractivity contribution is 0.235. The van der Waals surface area contributed by atoms with Gasteiger partial charge in [0.05, 0.1) is 6.04 Å². The molecule has 3 heteroatoms. The summed E-state index contributed by atoms with van der Waals surface area (Å²) in [5, 5.41) is 0. The van der Waals surface area contributed by atoms with Crippen LogP contribution in [0.5, 0.6) is 0 Å². The first-order chi connectivity index (χ1) is 10.4. The predicted molar refractivity (Wildman–Crippen MR) is 90.1 cm³/mol. The first-order valence-corrected chi connectivity index (χ1v) is 8.07. The number of alkyl halides is 1. The fraction of sp³-hybridized carbons (Fsp3) is 0.333. The van der Waals surface area contributed by atoms with E-state index in [1.54, 1.807) is 0 Å². The minimum absolute atomic E-state index is 0.394. The lowest BCUT2D eigenvalue weighted by atomic mass is 10.0. The first-order valence-electron chi connectivity index (χ1n) is 7.53. The number of para-hydroxylation sites is 1. The van der Waals surface area contributed by atoms with Crippen molar-refractivity contribution in [3.05, 3.63) is 66.2 Å². The van der Waals surface area contributed by atoms with Gasteiger partial charge in [-0.1, -0.05) is 48.5 Å². The highest BCUT2D eigenvalue weighted by Crippen LogP contribution is 2.30. The summed E-state index contributed by atoms with van der Waals surface area (Å²) in [6.45, 7) is 4.12. The zero-order valence-electron chi connectivity index (χ0n) is 12.2. The van der Waals surface area contributed by atoms with E-state index in [0.29, 0.717) is 11.9 Å². The standard InChI is InChI=1S/C18H21ClN2/c19-11-12-20-13-14-21(17-9-5-2-6-10-17)18(15-20)16-7-3-1-4-8-16/h1-10,18H,11-15H2. The van der Waals surface area contributed by atoms with Gasteiger partial charge >= 0.3 is 0 Å². The van der Waals surface area contributed by atoms with Crippen molar-refractivity contribution in [3.63, 3.8) is 0 Å². The quantitative estimate of drug-likeness (QED) is 0.793. The molecular weight excluding hydrogens is 280 g/mol. The Bertz CT molecular complexity index is 544. The number of piperazine rings is 1. The van der Waals surface area contributed by atoms with Gasteiger partial charge < -0.3 is 4.90 Å². The lowest BCUT2D eigenvalue weighted by Crippen LogP contribution is -2.49. The number of rotatable bonds is 4. The Balaban J connectivity index is 1.88. The van der Waals surface area contributed by atoms with Crippen molar-refractivity contribution in [2.24, 2.45) is 0 Å². The Morgan fingerprint density at radius 3 is 2.24 bits per heavy atom. The molecule has 1 saturated heterocycles. The van der Waals surface area contributed by atoms with Crippen LogP contribution in [0.1, 0.15) is 11.6 Å². The molecule has 21 heavy (non-hydrogen) atoms. The summed E-state index contributed by atoms with van der Waals surface area (Å²) in [7, 11) is 0. The van der Waals surface area contributed by atoms with Crippen LogP contribution in [0.4, 0.5) is 5.69 Å². The van der Waals surface area contributed by atoms with Crippen molar-refractivity contribution in [2.75, 3.05) is 37.0 Å². The largest absolute Gasteiger partial charge is 0.362 e. The molecule has 1 unspecified atom stereocenters. The van der Waals surface area contributed by atoms with E-state index >= 15 is 0 Å². The molecule has 0 aliphatic carbocycles. The van der Waals surface area contributed by atoms with E-state index in [1.165, 1.54) is 11.3 Å². The summed E-state index contributed by atoms with van der Waals surface area (Å²) in [6.07, 6.45) is 0. The van der Waals surface area contributed by atoms with Crippen LogP contribution >= 0.6 is 11.6 Å². The van der Waals surface area contributed by atoms with E-state index in [0.717, 1.165) is 26.2 Å². The number of benzene rings is 2. The lowest BCUT2D eigenvalue weighted by Gasteiger charge is -2.43. The Kier molecular flexibility index (Phi) is 4.79. The summed E-state index contributed by atoms with van der Waals surface area (Å²) >= 11 is 5.93. The highest BCUT2D eigenvalue weighted by atomic mass is 35.5. The number of anilines is 1. The van der Waals surface area contributed by atoms with Gasteiger partial charge in [0.2, 0.25) is 0 Å². The number of hydrogen-bond acceptors (Lipinski definition) is 2. The molecule has 0 aromatic heterocycles. The van der Waals surface area contributed by atoms with Crippen LogP contribution < -0.4 is 4.90 Å². The summed E-state index contributed by atoms with van der Waals surface area (Å²) in [5.74, 6) is 0.701. The van der Waals surface area contributed by atoms with Gasteiger partial charge in [-0.25, -0.2) is 0 Å². The topological polar surface area (TPSA) is 6.48 Å². The molecule has 1 aliphatic heterocycles. The molecule has 110 valence electrons. The normalized spacial score (nSPS) is 19.7. The maximum absolute atomic E-state index is 5.93. The van der Waals surface area contributed by atoms with Crippen LogP contribution in [0.3, 0.4) is 0 Å². The molecule has 3 rings (SSSR count). The summed E-state index contributed by atoms with van der Waals surface area (Å²) < 4.78 is 0. The van der Waals surface area contributed by atoms with Crippen molar-refractivity contribution in [3.8, 4) is 0 Å².